The molecule has 1 atom stereocenters. The van der Waals surface area contributed by atoms with E-state index in [0.717, 1.165) is 29.5 Å². The molecule has 29 heavy (non-hydrogen) atoms. The molecule has 0 fully saturated rings. The number of fused-ring (bicyclic) bond motifs is 2. The highest BCUT2D eigenvalue weighted by Gasteiger charge is 2.28. The minimum Gasteiger partial charge on any atom is -0.464 e. The van der Waals surface area contributed by atoms with Crippen molar-refractivity contribution < 1.29 is 19.1 Å². The van der Waals surface area contributed by atoms with Crippen molar-refractivity contribution in [3.8, 4) is 0 Å². The van der Waals surface area contributed by atoms with Crippen molar-refractivity contribution in [1.29, 1.82) is 0 Å². The lowest BCUT2D eigenvalue weighted by molar-refractivity contribution is 0.0594. The molecular weight excluding hydrogens is 372 g/mol. The Hall–Kier alpha value is -3.55. The molecule has 0 bridgehead atoms. The van der Waals surface area contributed by atoms with Gasteiger partial charge < -0.3 is 10.1 Å². The number of Topliss-reactive ketones (excluding diaryl/α,β-unsaturated/α-hetero) is 1. The summed E-state index contributed by atoms with van der Waals surface area (Å²) in [4.78, 5) is 40.9. The number of esters is 1. The minimum atomic E-state index is -0.624. The van der Waals surface area contributed by atoms with Crippen molar-refractivity contribution in [3.05, 3.63) is 64.1 Å². The first-order valence-electron chi connectivity index (χ1n) is 9.28. The number of aromatic nitrogens is 3. The third-order valence-electron chi connectivity index (χ3n) is 5.36. The Labute approximate surface area is 166 Å². The minimum absolute atomic E-state index is 0.0333. The van der Waals surface area contributed by atoms with Gasteiger partial charge in [-0.3, -0.25) is 9.59 Å². The van der Waals surface area contributed by atoms with Gasteiger partial charge in [-0.2, -0.15) is 5.10 Å². The Morgan fingerprint density at radius 2 is 2.03 bits per heavy atom. The molecule has 1 aromatic carbocycles. The van der Waals surface area contributed by atoms with Crippen molar-refractivity contribution in [2.45, 2.75) is 32.7 Å². The van der Waals surface area contributed by atoms with E-state index in [4.69, 9.17) is 4.74 Å². The maximum absolute atomic E-state index is 13.0. The first kappa shape index (κ1) is 18.8. The Bertz CT molecular complexity index is 1160. The maximum atomic E-state index is 13.0. The van der Waals surface area contributed by atoms with E-state index in [1.165, 1.54) is 23.9 Å². The van der Waals surface area contributed by atoms with Crippen LogP contribution in [0.25, 0.3) is 5.65 Å². The SMILES string of the molecule is COC(=O)c1cc(C(=O)N[C@H]2CCc3c2ccc(C(C)=O)c3C)n2nccc2n1. The van der Waals surface area contributed by atoms with Crippen LogP contribution < -0.4 is 5.32 Å². The lowest BCUT2D eigenvalue weighted by Crippen LogP contribution is -2.29. The summed E-state index contributed by atoms with van der Waals surface area (Å²) in [5.74, 6) is -0.954. The number of hydrogen-bond acceptors (Lipinski definition) is 6. The van der Waals surface area contributed by atoms with Gasteiger partial charge in [-0.1, -0.05) is 12.1 Å². The molecule has 8 heteroatoms. The number of ketones is 1. The van der Waals surface area contributed by atoms with Gasteiger partial charge in [0.1, 0.15) is 5.69 Å². The van der Waals surface area contributed by atoms with Gasteiger partial charge in [0.25, 0.3) is 5.91 Å². The van der Waals surface area contributed by atoms with Gasteiger partial charge in [0.05, 0.1) is 19.3 Å². The van der Waals surface area contributed by atoms with Gasteiger partial charge in [-0.15, -0.1) is 0 Å². The molecule has 4 rings (SSSR count). The average molecular weight is 392 g/mol. The van der Waals surface area contributed by atoms with Crippen LogP contribution in [0.2, 0.25) is 0 Å². The summed E-state index contributed by atoms with van der Waals surface area (Å²) in [6, 6.07) is 6.53. The predicted octanol–water partition coefficient (Wildman–Crippen LogP) is 2.44. The molecule has 148 valence electrons. The second-order valence-corrected chi connectivity index (χ2v) is 7.05. The molecule has 1 N–H and O–H groups in total. The molecule has 0 aliphatic heterocycles. The summed E-state index contributed by atoms with van der Waals surface area (Å²) in [5.41, 5.74) is 4.43. The maximum Gasteiger partial charge on any atom is 0.356 e. The molecule has 1 aliphatic rings. The Morgan fingerprint density at radius 1 is 1.24 bits per heavy atom. The monoisotopic (exact) mass is 392 g/mol. The van der Waals surface area contributed by atoms with E-state index in [1.807, 2.05) is 19.1 Å². The Morgan fingerprint density at radius 3 is 2.76 bits per heavy atom. The van der Waals surface area contributed by atoms with Crippen molar-refractivity contribution in [3.63, 3.8) is 0 Å². The van der Waals surface area contributed by atoms with Gasteiger partial charge in [-0.05, 0) is 43.4 Å². The van der Waals surface area contributed by atoms with Crippen LogP contribution in [-0.4, -0.2) is 39.4 Å². The van der Waals surface area contributed by atoms with Crippen LogP contribution >= 0.6 is 0 Å². The molecule has 1 aliphatic carbocycles. The molecule has 0 saturated carbocycles. The average Bonchev–Trinajstić information content (AvgIpc) is 3.34. The lowest BCUT2D eigenvalue weighted by Gasteiger charge is -2.16. The number of nitrogens with zero attached hydrogens (tertiary/aromatic N) is 3. The van der Waals surface area contributed by atoms with Crippen LogP contribution in [0.5, 0.6) is 0 Å². The molecule has 3 aromatic rings. The van der Waals surface area contributed by atoms with E-state index in [-0.39, 0.29) is 29.1 Å². The van der Waals surface area contributed by atoms with E-state index < -0.39 is 5.97 Å². The molecule has 2 aromatic heterocycles. The number of nitrogens with one attached hydrogen (secondary N) is 1. The van der Waals surface area contributed by atoms with Gasteiger partial charge in [0.15, 0.2) is 17.1 Å². The molecule has 1 amide bonds. The highest BCUT2D eigenvalue weighted by atomic mass is 16.5. The van der Waals surface area contributed by atoms with E-state index in [0.29, 0.717) is 11.2 Å². The van der Waals surface area contributed by atoms with E-state index in [9.17, 15) is 14.4 Å². The summed E-state index contributed by atoms with van der Waals surface area (Å²) in [6.45, 7) is 3.50. The number of hydrogen-bond donors (Lipinski definition) is 1. The third kappa shape index (κ3) is 3.16. The summed E-state index contributed by atoms with van der Waals surface area (Å²) in [6.07, 6.45) is 3.03. The predicted molar refractivity (Wildman–Crippen MR) is 104 cm³/mol. The number of amides is 1. The molecule has 8 nitrogen and oxygen atoms in total. The van der Waals surface area contributed by atoms with E-state index in [2.05, 4.69) is 15.4 Å². The normalized spacial score (nSPS) is 15.2. The van der Waals surface area contributed by atoms with Crippen molar-refractivity contribution in [2.24, 2.45) is 0 Å². The fourth-order valence-corrected chi connectivity index (χ4v) is 3.93. The Kier molecular flexibility index (Phi) is 4.62. The van der Waals surface area contributed by atoms with E-state index in [1.54, 1.807) is 13.0 Å². The zero-order chi connectivity index (χ0) is 20.7. The van der Waals surface area contributed by atoms with Crippen LogP contribution in [0.3, 0.4) is 0 Å². The van der Waals surface area contributed by atoms with E-state index >= 15 is 0 Å². The summed E-state index contributed by atoms with van der Waals surface area (Å²) >= 11 is 0. The second-order valence-electron chi connectivity index (χ2n) is 7.05. The van der Waals surface area contributed by atoms with Gasteiger partial charge >= 0.3 is 5.97 Å². The van der Waals surface area contributed by atoms with Crippen LogP contribution in [-0.2, 0) is 11.2 Å². The van der Waals surface area contributed by atoms with Gasteiger partial charge in [-0.25, -0.2) is 14.3 Å². The van der Waals surface area contributed by atoms with Crippen molar-refractivity contribution >= 4 is 23.3 Å². The number of methoxy groups -OCH3 is 1. The van der Waals surface area contributed by atoms with Crippen LogP contribution in [0.1, 0.15) is 67.4 Å². The van der Waals surface area contributed by atoms with Crippen LogP contribution in [0.4, 0.5) is 0 Å². The number of benzene rings is 1. The smallest absolute Gasteiger partial charge is 0.356 e. The number of ether oxygens (including phenoxy) is 1. The number of rotatable bonds is 4. The molecule has 0 unspecified atom stereocenters. The Balaban J connectivity index is 1.67. The quantitative estimate of drug-likeness (QED) is 0.540. The zero-order valence-electron chi connectivity index (χ0n) is 16.4. The van der Waals surface area contributed by atoms with Crippen LogP contribution in [0, 0.1) is 6.92 Å². The topological polar surface area (TPSA) is 103 Å². The first-order valence-corrected chi connectivity index (χ1v) is 9.28. The fraction of sp³-hybridized carbons (Fsp3) is 0.286. The molecule has 2 heterocycles. The summed E-state index contributed by atoms with van der Waals surface area (Å²) < 4.78 is 6.12. The third-order valence-corrected chi connectivity index (χ3v) is 5.36. The highest BCUT2D eigenvalue weighted by Crippen LogP contribution is 2.35. The molecule has 0 radical (unpaired) electrons. The van der Waals surface area contributed by atoms with Crippen LogP contribution in [0.15, 0.2) is 30.5 Å². The largest absolute Gasteiger partial charge is 0.464 e. The first-order chi connectivity index (χ1) is 13.9. The summed E-state index contributed by atoms with van der Waals surface area (Å²) in [7, 11) is 1.26. The fourth-order valence-electron chi connectivity index (χ4n) is 3.93. The number of carbonyl (C=O) groups excluding carboxylic acids is 3. The van der Waals surface area contributed by atoms with Gasteiger partial charge in [0.2, 0.25) is 0 Å². The van der Waals surface area contributed by atoms with Crippen molar-refractivity contribution in [2.75, 3.05) is 7.11 Å². The van der Waals surface area contributed by atoms with Gasteiger partial charge in [0, 0.05) is 17.7 Å². The zero-order valence-corrected chi connectivity index (χ0v) is 16.4. The number of carbonyl (C=O) groups is 3. The standard InChI is InChI=1S/C21H20N4O4/c1-11-13(12(2)26)4-5-15-14(11)6-7-16(15)24-20(27)18-10-17(21(28)29-3)23-19-8-9-22-25(18)19/h4-5,8-10,16H,6-7H2,1-3H3,(H,24,27)/t16-/m0/s1. The summed E-state index contributed by atoms with van der Waals surface area (Å²) in [5, 5.41) is 7.16. The molecule has 0 spiro atoms. The lowest BCUT2D eigenvalue weighted by atomic mass is 9.96. The highest BCUT2D eigenvalue weighted by molar-refractivity contribution is 5.97. The van der Waals surface area contributed by atoms with Crippen molar-refractivity contribution in [1.82, 2.24) is 19.9 Å². The molecular formula is C21H20N4O4. The second kappa shape index (κ2) is 7.12. The molecule has 0 saturated heterocycles.